The molecule has 1 N–H and O–H groups in total. The van der Waals surface area contributed by atoms with E-state index in [0.29, 0.717) is 29.9 Å². The molecule has 0 fully saturated rings. The van der Waals surface area contributed by atoms with Gasteiger partial charge in [0.1, 0.15) is 12.3 Å². The van der Waals surface area contributed by atoms with E-state index in [-0.39, 0.29) is 0 Å². The maximum absolute atomic E-state index is 11.2. The number of hydrogen-bond donors (Lipinski definition) is 1. The van der Waals surface area contributed by atoms with Gasteiger partial charge in [0.05, 0.1) is 12.1 Å². The lowest BCUT2D eigenvalue weighted by Crippen LogP contribution is -2.00. The Morgan fingerprint density at radius 1 is 1.43 bits per heavy atom. The molecule has 0 radical (unpaired) electrons. The Morgan fingerprint density at radius 2 is 2.29 bits per heavy atom. The number of aromatic nitrogens is 2. The molecule has 0 spiro atoms. The molecular weight excluding hydrogens is 272 g/mol. The van der Waals surface area contributed by atoms with E-state index in [0.717, 1.165) is 11.2 Å². The third-order valence-electron chi connectivity index (χ3n) is 3.27. The molecule has 3 rings (SSSR count). The third-order valence-corrected chi connectivity index (χ3v) is 3.27. The summed E-state index contributed by atoms with van der Waals surface area (Å²) >= 11 is 0. The van der Waals surface area contributed by atoms with Gasteiger partial charge in [-0.05, 0) is 18.2 Å². The molecule has 6 heteroatoms. The summed E-state index contributed by atoms with van der Waals surface area (Å²) in [6.45, 7) is 0.891. The molecule has 3 aromatic rings. The van der Waals surface area contributed by atoms with Gasteiger partial charge in [0.25, 0.3) is 0 Å². The van der Waals surface area contributed by atoms with Crippen LogP contribution in [0.25, 0.3) is 10.9 Å². The van der Waals surface area contributed by atoms with Crippen LogP contribution in [0.3, 0.4) is 0 Å². The Balaban J connectivity index is 1.93. The summed E-state index contributed by atoms with van der Waals surface area (Å²) in [6, 6.07) is 8.85. The van der Waals surface area contributed by atoms with Gasteiger partial charge >= 0.3 is 5.97 Å². The lowest BCUT2D eigenvalue weighted by atomic mass is 10.1. The quantitative estimate of drug-likeness (QED) is 0.779. The lowest BCUT2D eigenvalue weighted by molar-refractivity contribution is 0.0699. The van der Waals surface area contributed by atoms with Crippen molar-refractivity contribution in [1.82, 2.24) is 9.72 Å². The van der Waals surface area contributed by atoms with E-state index in [9.17, 15) is 9.90 Å². The fourth-order valence-electron chi connectivity index (χ4n) is 2.36. The number of ether oxygens (including phenoxy) is 1. The van der Waals surface area contributed by atoms with E-state index >= 15 is 0 Å². The Kier molecular flexibility index (Phi) is 3.45. The van der Waals surface area contributed by atoms with E-state index < -0.39 is 5.97 Å². The zero-order valence-corrected chi connectivity index (χ0v) is 11.4. The summed E-state index contributed by atoms with van der Waals surface area (Å²) < 4.78 is 12.1. The second-order valence-electron chi connectivity index (χ2n) is 4.70. The van der Waals surface area contributed by atoms with Crippen molar-refractivity contribution in [3.8, 4) is 0 Å². The summed E-state index contributed by atoms with van der Waals surface area (Å²) in [7, 11) is 1.59. The van der Waals surface area contributed by atoms with Crippen LogP contribution in [0.2, 0.25) is 0 Å². The smallest absolute Gasteiger partial charge is 0.336 e. The fourth-order valence-corrected chi connectivity index (χ4v) is 2.36. The molecule has 0 aliphatic heterocycles. The van der Waals surface area contributed by atoms with Gasteiger partial charge in [0.15, 0.2) is 5.76 Å². The molecule has 0 atom stereocenters. The first-order valence-electron chi connectivity index (χ1n) is 6.43. The Bertz CT molecular complexity index is 788. The maximum atomic E-state index is 11.2. The Labute approximate surface area is 120 Å². The van der Waals surface area contributed by atoms with Crippen molar-refractivity contribution in [2.24, 2.45) is 0 Å². The largest absolute Gasteiger partial charge is 0.478 e. The summed E-state index contributed by atoms with van der Waals surface area (Å²) in [5, 5.41) is 13.9. The van der Waals surface area contributed by atoms with Crippen LogP contribution in [0.15, 0.2) is 41.1 Å². The number of hydrogen-bond acceptors (Lipinski definition) is 4. The first kappa shape index (κ1) is 13.4. The molecule has 0 aliphatic rings. The van der Waals surface area contributed by atoms with Crippen molar-refractivity contribution in [2.75, 3.05) is 7.11 Å². The van der Waals surface area contributed by atoms with Crippen LogP contribution >= 0.6 is 0 Å². The SMILES string of the molecule is COCc1cc(Cn2ccc3c(C(=O)O)cccc32)no1. The number of methoxy groups -OCH3 is 1. The van der Waals surface area contributed by atoms with Crippen molar-refractivity contribution < 1.29 is 19.2 Å². The minimum absolute atomic E-state index is 0.298. The van der Waals surface area contributed by atoms with E-state index in [1.165, 1.54) is 0 Å². The van der Waals surface area contributed by atoms with Crippen molar-refractivity contribution >= 4 is 16.9 Å². The first-order chi connectivity index (χ1) is 10.2. The Morgan fingerprint density at radius 3 is 3.05 bits per heavy atom. The molecule has 1 aromatic carbocycles. The molecule has 0 amide bonds. The number of fused-ring (bicyclic) bond motifs is 1. The molecular formula is C15H14N2O4. The van der Waals surface area contributed by atoms with E-state index in [1.54, 1.807) is 25.3 Å². The highest BCUT2D eigenvalue weighted by molar-refractivity contribution is 6.02. The molecule has 108 valence electrons. The van der Waals surface area contributed by atoms with Crippen LogP contribution in [-0.4, -0.2) is 27.9 Å². The van der Waals surface area contributed by atoms with E-state index in [4.69, 9.17) is 9.26 Å². The highest BCUT2D eigenvalue weighted by Crippen LogP contribution is 2.21. The topological polar surface area (TPSA) is 77.5 Å². The van der Waals surface area contributed by atoms with Gasteiger partial charge in [-0.2, -0.15) is 0 Å². The van der Waals surface area contributed by atoms with Gasteiger partial charge < -0.3 is 18.9 Å². The molecule has 21 heavy (non-hydrogen) atoms. The summed E-state index contributed by atoms with van der Waals surface area (Å²) in [6.07, 6.45) is 1.85. The van der Waals surface area contributed by atoms with Crippen LogP contribution < -0.4 is 0 Å². The fraction of sp³-hybridized carbons (Fsp3) is 0.200. The highest BCUT2D eigenvalue weighted by Gasteiger charge is 2.12. The van der Waals surface area contributed by atoms with Crippen LogP contribution in [-0.2, 0) is 17.9 Å². The second kappa shape index (κ2) is 5.41. The van der Waals surface area contributed by atoms with Crippen LogP contribution in [0.1, 0.15) is 21.8 Å². The number of carboxylic acids is 1. The number of nitrogens with zero attached hydrogens (tertiary/aromatic N) is 2. The standard InChI is InChI=1S/C15H14N2O4/c1-20-9-11-7-10(16-21-11)8-17-6-5-12-13(15(18)19)3-2-4-14(12)17/h2-7H,8-9H2,1H3,(H,18,19). The summed E-state index contributed by atoms with van der Waals surface area (Å²) in [5.41, 5.74) is 1.91. The predicted molar refractivity (Wildman–Crippen MR) is 75.2 cm³/mol. The third kappa shape index (κ3) is 2.53. The average molecular weight is 286 g/mol. The number of rotatable bonds is 5. The average Bonchev–Trinajstić information content (AvgIpc) is 3.07. The number of carbonyl (C=O) groups is 1. The predicted octanol–water partition coefficient (Wildman–Crippen LogP) is 2.52. The molecule has 0 saturated heterocycles. The molecule has 0 bridgehead atoms. The van der Waals surface area contributed by atoms with Crippen LogP contribution in [0, 0.1) is 0 Å². The van der Waals surface area contributed by atoms with Gasteiger partial charge in [-0.3, -0.25) is 0 Å². The number of carboxylic acid groups (broad SMARTS) is 1. The van der Waals surface area contributed by atoms with Crippen LogP contribution in [0.4, 0.5) is 0 Å². The Hall–Kier alpha value is -2.60. The van der Waals surface area contributed by atoms with Gasteiger partial charge in [-0.1, -0.05) is 11.2 Å². The van der Waals surface area contributed by atoms with E-state index in [2.05, 4.69) is 5.16 Å². The molecule has 2 heterocycles. The van der Waals surface area contributed by atoms with Crippen molar-refractivity contribution in [1.29, 1.82) is 0 Å². The van der Waals surface area contributed by atoms with E-state index in [1.807, 2.05) is 22.9 Å². The normalized spacial score (nSPS) is 11.1. The number of benzene rings is 1. The van der Waals surface area contributed by atoms with Crippen molar-refractivity contribution in [3.05, 3.63) is 53.5 Å². The molecule has 0 saturated carbocycles. The van der Waals surface area contributed by atoms with Crippen molar-refractivity contribution in [3.63, 3.8) is 0 Å². The zero-order chi connectivity index (χ0) is 14.8. The number of aromatic carboxylic acids is 1. The first-order valence-corrected chi connectivity index (χ1v) is 6.43. The maximum Gasteiger partial charge on any atom is 0.336 e. The molecule has 2 aromatic heterocycles. The van der Waals surface area contributed by atoms with Gasteiger partial charge in [0.2, 0.25) is 0 Å². The lowest BCUT2D eigenvalue weighted by Gasteiger charge is -2.03. The summed E-state index contributed by atoms with van der Waals surface area (Å²) in [5.74, 6) is -0.266. The zero-order valence-electron chi connectivity index (χ0n) is 11.4. The van der Waals surface area contributed by atoms with Gasteiger partial charge in [-0.25, -0.2) is 4.79 Å². The molecule has 0 aliphatic carbocycles. The molecule has 6 nitrogen and oxygen atoms in total. The summed E-state index contributed by atoms with van der Waals surface area (Å²) in [4.78, 5) is 11.2. The van der Waals surface area contributed by atoms with Crippen molar-refractivity contribution in [2.45, 2.75) is 13.2 Å². The monoisotopic (exact) mass is 286 g/mol. The highest BCUT2D eigenvalue weighted by atomic mass is 16.5. The minimum Gasteiger partial charge on any atom is -0.478 e. The second-order valence-corrected chi connectivity index (χ2v) is 4.70. The van der Waals surface area contributed by atoms with Crippen LogP contribution in [0.5, 0.6) is 0 Å². The van der Waals surface area contributed by atoms with Gasteiger partial charge in [0, 0.05) is 30.3 Å². The van der Waals surface area contributed by atoms with Gasteiger partial charge in [-0.15, -0.1) is 0 Å². The molecule has 0 unspecified atom stereocenters. The minimum atomic E-state index is -0.929.